The molecule has 1 aliphatic heterocycles. The maximum Gasteiger partial charge on any atom is 0.263 e. The van der Waals surface area contributed by atoms with Crippen LogP contribution in [0.4, 0.5) is 5.82 Å². The van der Waals surface area contributed by atoms with E-state index in [1.807, 2.05) is 33.9 Å². The topological polar surface area (TPSA) is 80.1 Å². The number of hydrogen-bond donors (Lipinski definition) is 1. The quantitative estimate of drug-likeness (QED) is 0.908. The van der Waals surface area contributed by atoms with Crippen LogP contribution in [0.3, 0.4) is 0 Å². The fourth-order valence-electron chi connectivity index (χ4n) is 2.95. The highest BCUT2D eigenvalue weighted by Crippen LogP contribution is 2.27. The number of carbonyl (C=O) groups excluding carboxylic acids is 2. The smallest absolute Gasteiger partial charge is 0.263 e. The number of hydrogen-bond acceptors (Lipinski definition) is 5. The molecule has 0 aromatic carbocycles. The molecule has 1 fully saturated rings. The molecule has 2 amide bonds. The number of thiazole rings is 1. The average molecular weight is 361 g/mol. The van der Waals surface area contributed by atoms with E-state index in [0.717, 1.165) is 12.1 Å². The largest absolute Gasteiger partial charge is 0.339 e. The molecule has 1 unspecified atom stereocenters. The van der Waals surface area contributed by atoms with Crippen LogP contribution in [0.1, 0.15) is 49.0 Å². The van der Waals surface area contributed by atoms with E-state index < -0.39 is 6.04 Å². The number of nitrogens with zero attached hydrogens (tertiary/aromatic N) is 4. The van der Waals surface area contributed by atoms with E-state index in [1.54, 1.807) is 21.3 Å². The Bertz CT molecular complexity index is 789. The zero-order chi connectivity index (χ0) is 18.2. The van der Waals surface area contributed by atoms with Crippen LogP contribution in [-0.2, 0) is 17.3 Å². The number of rotatable bonds is 3. The van der Waals surface area contributed by atoms with Crippen LogP contribution in [0.25, 0.3) is 0 Å². The van der Waals surface area contributed by atoms with Crippen molar-refractivity contribution in [1.29, 1.82) is 0 Å². The molecular weight excluding hydrogens is 338 g/mol. The second kappa shape index (κ2) is 6.59. The third kappa shape index (κ3) is 3.58. The first-order chi connectivity index (χ1) is 11.8. The van der Waals surface area contributed by atoms with E-state index in [2.05, 4.69) is 15.4 Å². The van der Waals surface area contributed by atoms with Gasteiger partial charge in [0.1, 0.15) is 10.9 Å². The molecule has 8 heteroatoms. The molecule has 2 aromatic rings. The van der Waals surface area contributed by atoms with Gasteiger partial charge in [-0.2, -0.15) is 5.10 Å². The highest BCUT2D eigenvalue weighted by Gasteiger charge is 2.33. The van der Waals surface area contributed by atoms with Gasteiger partial charge < -0.3 is 5.32 Å². The van der Waals surface area contributed by atoms with Crippen molar-refractivity contribution in [3.8, 4) is 0 Å². The first-order valence-electron chi connectivity index (χ1n) is 8.33. The molecule has 0 aliphatic carbocycles. The Balaban J connectivity index is 1.75. The van der Waals surface area contributed by atoms with Crippen molar-refractivity contribution in [2.24, 2.45) is 7.05 Å². The molecule has 7 nitrogen and oxygen atoms in total. The molecule has 134 valence electrons. The lowest BCUT2D eigenvalue weighted by Gasteiger charge is -2.31. The molecule has 2 aromatic heterocycles. The van der Waals surface area contributed by atoms with Gasteiger partial charge in [0.05, 0.1) is 11.2 Å². The van der Waals surface area contributed by atoms with Gasteiger partial charge in [0.25, 0.3) is 11.8 Å². The Kier molecular flexibility index (Phi) is 4.64. The Morgan fingerprint density at radius 3 is 2.80 bits per heavy atom. The Morgan fingerprint density at radius 1 is 1.40 bits per heavy atom. The van der Waals surface area contributed by atoms with Crippen LogP contribution in [0.5, 0.6) is 0 Å². The maximum atomic E-state index is 12.8. The summed E-state index contributed by atoms with van der Waals surface area (Å²) < 4.78 is 1.66. The van der Waals surface area contributed by atoms with Gasteiger partial charge in [-0.1, -0.05) is 20.8 Å². The number of anilines is 1. The van der Waals surface area contributed by atoms with Gasteiger partial charge in [-0.15, -0.1) is 11.3 Å². The van der Waals surface area contributed by atoms with Crippen molar-refractivity contribution >= 4 is 29.0 Å². The Hall–Kier alpha value is -2.22. The summed E-state index contributed by atoms with van der Waals surface area (Å²) in [6.07, 6.45) is 3.26. The van der Waals surface area contributed by atoms with Crippen molar-refractivity contribution in [1.82, 2.24) is 20.1 Å². The van der Waals surface area contributed by atoms with Crippen LogP contribution < -0.4 is 10.2 Å². The van der Waals surface area contributed by atoms with Crippen LogP contribution in [0, 0.1) is 0 Å². The maximum absolute atomic E-state index is 12.8. The molecule has 0 saturated carbocycles. The van der Waals surface area contributed by atoms with Gasteiger partial charge in [0, 0.05) is 31.3 Å². The second-order valence-corrected chi connectivity index (χ2v) is 8.14. The van der Waals surface area contributed by atoms with Gasteiger partial charge in [-0.25, -0.2) is 4.98 Å². The van der Waals surface area contributed by atoms with Crippen molar-refractivity contribution in [2.45, 2.75) is 45.1 Å². The summed E-state index contributed by atoms with van der Waals surface area (Å²) in [6, 6.07) is 1.28. The first kappa shape index (κ1) is 17.6. The average Bonchev–Trinajstić information content (AvgIpc) is 3.17. The second-order valence-electron chi connectivity index (χ2n) is 7.29. The van der Waals surface area contributed by atoms with E-state index in [-0.39, 0.29) is 17.2 Å². The molecule has 0 bridgehead atoms. The van der Waals surface area contributed by atoms with Crippen molar-refractivity contribution < 1.29 is 9.59 Å². The normalized spacial score (nSPS) is 18.5. The van der Waals surface area contributed by atoms with E-state index in [9.17, 15) is 9.59 Å². The van der Waals surface area contributed by atoms with Gasteiger partial charge in [-0.05, 0) is 12.8 Å². The number of carbonyl (C=O) groups is 2. The van der Waals surface area contributed by atoms with E-state index >= 15 is 0 Å². The van der Waals surface area contributed by atoms with Gasteiger partial charge >= 0.3 is 0 Å². The van der Waals surface area contributed by atoms with E-state index in [1.165, 1.54) is 11.3 Å². The summed E-state index contributed by atoms with van der Waals surface area (Å²) in [5, 5.41) is 7.19. The lowest BCUT2D eigenvalue weighted by atomic mass is 9.91. The summed E-state index contributed by atoms with van der Waals surface area (Å²) in [4.78, 5) is 32.0. The number of aromatic nitrogens is 3. The fraction of sp³-hybridized carbons (Fsp3) is 0.529. The highest BCUT2D eigenvalue weighted by molar-refractivity contribution is 7.11. The Morgan fingerprint density at radius 2 is 2.16 bits per heavy atom. The highest BCUT2D eigenvalue weighted by atomic mass is 32.1. The summed E-state index contributed by atoms with van der Waals surface area (Å²) in [5.74, 6) is 0.286. The molecular formula is C17H23N5O2S. The monoisotopic (exact) mass is 361 g/mol. The molecule has 25 heavy (non-hydrogen) atoms. The minimum Gasteiger partial charge on any atom is -0.339 e. The molecule has 3 rings (SSSR count). The molecule has 1 aliphatic rings. The van der Waals surface area contributed by atoms with Crippen molar-refractivity contribution in [3.05, 3.63) is 28.3 Å². The Labute approximate surface area is 151 Å². The SMILES string of the molecule is Cn1ccc(N2CCCC(NC(=O)c3scnc3C(C)(C)C)C2=O)n1. The minimum atomic E-state index is -0.529. The fourth-order valence-corrected chi connectivity index (χ4v) is 3.85. The lowest BCUT2D eigenvalue weighted by molar-refractivity contribution is -0.121. The van der Waals surface area contributed by atoms with Gasteiger partial charge in [0.15, 0.2) is 5.82 Å². The third-order valence-corrected chi connectivity index (χ3v) is 5.03. The number of amides is 2. The summed E-state index contributed by atoms with van der Waals surface area (Å²) in [6.45, 7) is 6.68. The molecule has 0 radical (unpaired) electrons. The first-order valence-corrected chi connectivity index (χ1v) is 9.21. The molecule has 3 heterocycles. The molecule has 0 spiro atoms. The van der Waals surface area contributed by atoms with E-state index in [4.69, 9.17) is 0 Å². The zero-order valence-corrected chi connectivity index (χ0v) is 15.8. The number of nitrogens with one attached hydrogen (secondary N) is 1. The third-order valence-electron chi connectivity index (χ3n) is 4.20. The van der Waals surface area contributed by atoms with Gasteiger partial charge in [0.2, 0.25) is 0 Å². The number of aryl methyl sites for hydroxylation is 1. The van der Waals surface area contributed by atoms with Crippen molar-refractivity contribution in [3.63, 3.8) is 0 Å². The van der Waals surface area contributed by atoms with Gasteiger partial charge in [-0.3, -0.25) is 19.2 Å². The van der Waals surface area contributed by atoms with E-state index in [0.29, 0.717) is 23.7 Å². The van der Waals surface area contributed by atoms with Crippen molar-refractivity contribution in [2.75, 3.05) is 11.4 Å². The lowest BCUT2D eigenvalue weighted by Crippen LogP contribution is -2.52. The van der Waals surface area contributed by atoms with Crippen LogP contribution in [0.15, 0.2) is 17.8 Å². The predicted molar refractivity (Wildman–Crippen MR) is 96.9 cm³/mol. The van der Waals surface area contributed by atoms with Crippen LogP contribution in [0.2, 0.25) is 0 Å². The summed E-state index contributed by atoms with van der Waals surface area (Å²) in [7, 11) is 1.81. The van der Waals surface area contributed by atoms with Crippen LogP contribution in [-0.4, -0.2) is 39.2 Å². The summed E-state index contributed by atoms with van der Waals surface area (Å²) in [5.41, 5.74) is 2.22. The molecule has 1 saturated heterocycles. The molecule has 1 atom stereocenters. The zero-order valence-electron chi connectivity index (χ0n) is 14.9. The summed E-state index contributed by atoms with van der Waals surface area (Å²) >= 11 is 1.31. The predicted octanol–water partition coefficient (Wildman–Crippen LogP) is 2.10. The molecule has 1 N–H and O–H groups in total. The number of piperidine rings is 1. The standard InChI is InChI=1S/C17H23N5O2S/c1-17(2,3)14-13(25-10-18-14)15(23)19-11-6-5-8-22(16(11)24)12-7-9-21(4)20-12/h7,9-11H,5-6,8H2,1-4H3,(H,19,23). The van der Waals surface area contributed by atoms with Crippen LogP contribution >= 0.6 is 11.3 Å². The minimum absolute atomic E-state index is 0.111.